The molecular weight excluding hydrogens is 210 g/mol. The Kier molecular flexibility index (Phi) is 3.26. The summed E-state index contributed by atoms with van der Waals surface area (Å²) in [5.74, 6) is 1.76. The van der Waals surface area contributed by atoms with E-state index in [9.17, 15) is 4.79 Å². The van der Waals surface area contributed by atoms with Crippen LogP contribution in [0.25, 0.3) is 0 Å². The summed E-state index contributed by atoms with van der Waals surface area (Å²) in [5, 5.41) is 3.78. The second-order valence-corrected chi connectivity index (χ2v) is 6.00. The molecule has 0 aromatic heterocycles. The highest BCUT2D eigenvalue weighted by atomic mass is 32.2. The first-order valence-corrected chi connectivity index (χ1v) is 6.69. The number of carbonyl (C=O) groups excluding carboxylic acids is 1. The molecule has 1 saturated carbocycles. The molecule has 1 aliphatic heterocycles. The minimum Gasteiger partial charge on any atom is -0.468 e. The fourth-order valence-electron chi connectivity index (χ4n) is 2.15. The molecule has 0 radical (unpaired) electrons. The lowest BCUT2D eigenvalue weighted by Gasteiger charge is -2.31. The van der Waals surface area contributed by atoms with Gasteiger partial charge in [-0.3, -0.25) is 4.79 Å². The topological polar surface area (TPSA) is 38.3 Å². The number of nitrogens with one attached hydrogen (secondary N) is 1. The first-order valence-electron chi connectivity index (χ1n) is 5.64. The predicted molar refractivity (Wildman–Crippen MR) is 62.0 cm³/mol. The molecule has 1 saturated heterocycles. The van der Waals surface area contributed by atoms with Gasteiger partial charge in [0.15, 0.2) is 0 Å². The van der Waals surface area contributed by atoms with Crippen LogP contribution in [0.3, 0.4) is 0 Å². The Bertz CT molecular complexity index is 255. The third-order valence-electron chi connectivity index (χ3n) is 3.51. The van der Waals surface area contributed by atoms with Gasteiger partial charge in [-0.05, 0) is 37.5 Å². The Morgan fingerprint density at radius 2 is 2.33 bits per heavy atom. The Morgan fingerprint density at radius 1 is 1.60 bits per heavy atom. The number of hydrogen-bond acceptors (Lipinski definition) is 4. The number of methoxy groups -OCH3 is 1. The van der Waals surface area contributed by atoms with Crippen molar-refractivity contribution in [3.63, 3.8) is 0 Å². The molecule has 0 spiro atoms. The molecule has 86 valence electrons. The van der Waals surface area contributed by atoms with Gasteiger partial charge in [-0.1, -0.05) is 6.92 Å². The molecule has 2 atom stereocenters. The highest BCUT2D eigenvalue weighted by molar-refractivity contribution is 8.00. The average Bonchev–Trinajstić information content (AvgIpc) is 3.00. The molecule has 0 amide bonds. The van der Waals surface area contributed by atoms with Crippen molar-refractivity contribution in [2.75, 3.05) is 19.4 Å². The molecule has 2 unspecified atom stereocenters. The van der Waals surface area contributed by atoms with Crippen molar-refractivity contribution in [3.05, 3.63) is 0 Å². The molecule has 2 rings (SSSR count). The number of hydrogen-bond donors (Lipinski definition) is 1. The molecule has 1 heterocycles. The molecule has 1 aliphatic carbocycles. The quantitative estimate of drug-likeness (QED) is 0.740. The van der Waals surface area contributed by atoms with Crippen molar-refractivity contribution in [1.82, 2.24) is 5.32 Å². The maximum atomic E-state index is 11.9. The summed E-state index contributed by atoms with van der Waals surface area (Å²) in [4.78, 5) is 11.9. The van der Waals surface area contributed by atoms with Gasteiger partial charge in [0.25, 0.3) is 0 Å². The van der Waals surface area contributed by atoms with E-state index < -0.39 is 5.54 Å². The summed E-state index contributed by atoms with van der Waals surface area (Å²) in [7, 11) is 1.48. The number of carbonyl (C=O) groups is 1. The number of esters is 1. The van der Waals surface area contributed by atoms with Crippen LogP contribution in [0, 0.1) is 5.92 Å². The van der Waals surface area contributed by atoms with Crippen LogP contribution < -0.4 is 5.32 Å². The van der Waals surface area contributed by atoms with E-state index in [-0.39, 0.29) is 5.97 Å². The highest BCUT2D eigenvalue weighted by Gasteiger charge is 2.48. The van der Waals surface area contributed by atoms with Crippen molar-refractivity contribution in [2.45, 2.75) is 37.0 Å². The van der Waals surface area contributed by atoms with Crippen molar-refractivity contribution >= 4 is 17.7 Å². The normalized spacial score (nSPS) is 35.5. The number of rotatable bonds is 4. The van der Waals surface area contributed by atoms with Crippen LogP contribution in [-0.4, -0.2) is 36.2 Å². The minimum absolute atomic E-state index is 0.0827. The largest absolute Gasteiger partial charge is 0.468 e. The van der Waals surface area contributed by atoms with Crippen LogP contribution in [0.5, 0.6) is 0 Å². The van der Waals surface area contributed by atoms with Crippen LogP contribution in [0.15, 0.2) is 0 Å². The molecular formula is C11H19NO2S. The minimum atomic E-state index is -0.415. The molecule has 0 aromatic carbocycles. The van der Waals surface area contributed by atoms with Crippen molar-refractivity contribution in [1.29, 1.82) is 0 Å². The zero-order valence-corrected chi connectivity index (χ0v) is 10.2. The van der Waals surface area contributed by atoms with E-state index in [1.165, 1.54) is 20.0 Å². The van der Waals surface area contributed by atoms with Gasteiger partial charge < -0.3 is 10.1 Å². The summed E-state index contributed by atoms with van der Waals surface area (Å²) in [5.41, 5.74) is -0.415. The molecule has 0 aromatic rings. The predicted octanol–water partition coefficient (Wildman–Crippen LogP) is 1.42. The van der Waals surface area contributed by atoms with Gasteiger partial charge in [0.1, 0.15) is 5.54 Å². The number of thioether (sulfide) groups is 1. The van der Waals surface area contributed by atoms with Gasteiger partial charge >= 0.3 is 5.97 Å². The van der Waals surface area contributed by atoms with E-state index >= 15 is 0 Å². The molecule has 15 heavy (non-hydrogen) atoms. The smallest absolute Gasteiger partial charge is 0.327 e. The molecule has 1 N–H and O–H groups in total. The van der Waals surface area contributed by atoms with Gasteiger partial charge in [0.05, 0.1) is 7.11 Å². The third-order valence-corrected chi connectivity index (χ3v) is 4.85. The van der Waals surface area contributed by atoms with Crippen molar-refractivity contribution in [2.24, 2.45) is 5.92 Å². The van der Waals surface area contributed by atoms with E-state index in [4.69, 9.17) is 4.74 Å². The second kappa shape index (κ2) is 4.34. The van der Waals surface area contributed by atoms with E-state index in [2.05, 4.69) is 12.2 Å². The maximum Gasteiger partial charge on any atom is 0.327 e. The summed E-state index contributed by atoms with van der Waals surface area (Å²) in [6.45, 7) is 3.09. The van der Waals surface area contributed by atoms with Gasteiger partial charge in [-0.15, -0.1) is 0 Å². The van der Waals surface area contributed by atoms with E-state index in [0.29, 0.717) is 5.25 Å². The maximum absolute atomic E-state index is 11.9. The highest BCUT2D eigenvalue weighted by Crippen LogP contribution is 2.38. The second-order valence-electron chi connectivity index (χ2n) is 4.55. The summed E-state index contributed by atoms with van der Waals surface area (Å²) in [6, 6.07) is 0. The lowest BCUT2D eigenvalue weighted by molar-refractivity contribution is -0.148. The molecule has 4 heteroatoms. The van der Waals surface area contributed by atoms with Crippen LogP contribution >= 0.6 is 11.8 Å². The zero-order valence-electron chi connectivity index (χ0n) is 9.41. The Balaban J connectivity index is 2.02. The Hall–Kier alpha value is -0.220. The lowest BCUT2D eigenvalue weighted by atomic mass is 9.92. The van der Waals surface area contributed by atoms with Crippen LogP contribution in [0.2, 0.25) is 0 Å². The Labute approximate surface area is 95.3 Å². The van der Waals surface area contributed by atoms with Crippen LogP contribution in [0.1, 0.15) is 26.2 Å². The average molecular weight is 229 g/mol. The first-order chi connectivity index (χ1) is 7.19. The Morgan fingerprint density at radius 3 is 2.80 bits per heavy atom. The van der Waals surface area contributed by atoms with Gasteiger partial charge in [0, 0.05) is 5.25 Å². The fourth-order valence-corrected chi connectivity index (χ4v) is 3.52. The molecule has 0 bridgehead atoms. The zero-order chi connectivity index (χ0) is 10.9. The van der Waals surface area contributed by atoms with E-state index in [1.54, 1.807) is 0 Å². The van der Waals surface area contributed by atoms with Crippen LogP contribution in [0.4, 0.5) is 0 Å². The third kappa shape index (κ3) is 2.16. The molecule has 2 fully saturated rings. The van der Waals surface area contributed by atoms with Gasteiger partial charge in [-0.2, -0.15) is 11.8 Å². The van der Waals surface area contributed by atoms with Gasteiger partial charge in [-0.25, -0.2) is 0 Å². The summed E-state index contributed by atoms with van der Waals surface area (Å²) >= 11 is 1.86. The first kappa shape index (κ1) is 11.3. The fraction of sp³-hybridized carbons (Fsp3) is 0.909. The van der Waals surface area contributed by atoms with E-state index in [1.807, 2.05) is 11.8 Å². The molecule has 2 aliphatic rings. The number of ether oxygens (including phenoxy) is 1. The monoisotopic (exact) mass is 229 g/mol. The SMILES string of the molecule is COC(=O)C1(NCC2CC2)CCSC1C. The standard InChI is InChI=1S/C11H19NO2S/c1-8-11(5-6-15-8,10(13)14-2)12-7-9-3-4-9/h8-9,12H,3-7H2,1-2H3. The van der Waals surface area contributed by atoms with Crippen molar-refractivity contribution < 1.29 is 9.53 Å². The summed E-state index contributed by atoms with van der Waals surface area (Å²) in [6.07, 6.45) is 3.52. The summed E-state index contributed by atoms with van der Waals surface area (Å²) < 4.78 is 4.95. The van der Waals surface area contributed by atoms with E-state index in [0.717, 1.165) is 24.6 Å². The lowest BCUT2D eigenvalue weighted by Crippen LogP contribution is -2.57. The van der Waals surface area contributed by atoms with Crippen LogP contribution in [-0.2, 0) is 9.53 Å². The van der Waals surface area contributed by atoms with Crippen molar-refractivity contribution in [3.8, 4) is 0 Å². The molecule has 3 nitrogen and oxygen atoms in total. The van der Waals surface area contributed by atoms with Gasteiger partial charge in [0.2, 0.25) is 0 Å².